The van der Waals surface area contributed by atoms with Crippen molar-refractivity contribution in [3.8, 4) is 0 Å². The molecule has 0 amide bonds. The minimum absolute atomic E-state index is 0.783. The normalized spacial score (nSPS) is 14.6. The molecular formula is C14H14N6. The molecule has 6 nitrogen and oxygen atoms in total. The molecule has 0 unspecified atom stereocenters. The average molecular weight is 266 g/mol. The second-order valence-electron chi connectivity index (χ2n) is 5.07. The molecule has 0 bridgehead atoms. The summed E-state index contributed by atoms with van der Waals surface area (Å²) in [6.07, 6.45) is 4.45. The van der Waals surface area contributed by atoms with Gasteiger partial charge in [-0.1, -0.05) is 6.07 Å². The van der Waals surface area contributed by atoms with E-state index in [0.717, 1.165) is 36.5 Å². The Morgan fingerprint density at radius 1 is 1.30 bits per heavy atom. The third-order valence-corrected chi connectivity index (χ3v) is 3.72. The van der Waals surface area contributed by atoms with Crippen LogP contribution in [0.4, 0.5) is 5.82 Å². The minimum atomic E-state index is 0.783. The first kappa shape index (κ1) is 11.3. The number of aryl methyl sites for hydroxylation is 1. The Hall–Kier alpha value is -2.50. The molecule has 0 radical (unpaired) electrons. The van der Waals surface area contributed by atoms with Gasteiger partial charge < -0.3 is 4.90 Å². The van der Waals surface area contributed by atoms with E-state index in [1.807, 2.05) is 18.3 Å². The smallest absolute Gasteiger partial charge is 0.177 e. The second-order valence-corrected chi connectivity index (χ2v) is 5.07. The first-order valence-electron chi connectivity index (χ1n) is 6.66. The summed E-state index contributed by atoms with van der Waals surface area (Å²) in [5.41, 5.74) is 4.39. The lowest BCUT2D eigenvalue weighted by molar-refractivity contribution is 0.689. The van der Waals surface area contributed by atoms with Crippen molar-refractivity contribution in [2.24, 2.45) is 0 Å². The van der Waals surface area contributed by atoms with E-state index in [-0.39, 0.29) is 0 Å². The lowest BCUT2D eigenvalue weighted by atomic mass is 10.1. The first-order valence-corrected chi connectivity index (χ1v) is 6.66. The Morgan fingerprint density at radius 2 is 2.25 bits per heavy atom. The van der Waals surface area contributed by atoms with Gasteiger partial charge in [0.1, 0.15) is 6.33 Å². The van der Waals surface area contributed by atoms with Crippen molar-refractivity contribution in [1.29, 1.82) is 0 Å². The molecule has 0 N–H and O–H groups in total. The van der Waals surface area contributed by atoms with Gasteiger partial charge in [0.2, 0.25) is 0 Å². The fourth-order valence-electron chi connectivity index (χ4n) is 2.71. The van der Waals surface area contributed by atoms with Crippen LogP contribution in [0.15, 0.2) is 30.7 Å². The van der Waals surface area contributed by atoms with E-state index in [1.54, 1.807) is 10.8 Å². The monoisotopic (exact) mass is 266 g/mol. The van der Waals surface area contributed by atoms with Crippen LogP contribution in [0.2, 0.25) is 0 Å². The third kappa shape index (κ3) is 1.72. The highest BCUT2D eigenvalue weighted by Crippen LogP contribution is 2.24. The maximum Gasteiger partial charge on any atom is 0.177 e. The number of pyridine rings is 1. The predicted molar refractivity (Wildman–Crippen MR) is 74.5 cm³/mol. The van der Waals surface area contributed by atoms with E-state index in [4.69, 9.17) is 0 Å². The summed E-state index contributed by atoms with van der Waals surface area (Å²) in [5, 5.41) is 12.5. The number of hydrogen-bond donors (Lipinski definition) is 0. The molecular weight excluding hydrogens is 252 g/mol. The van der Waals surface area contributed by atoms with Gasteiger partial charge in [-0.15, -0.1) is 15.3 Å². The van der Waals surface area contributed by atoms with Crippen LogP contribution in [0.1, 0.15) is 16.8 Å². The van der Waals surface area contributed by atoms with E-state index in [1.165, 1.54) is 11.3 Å². The van der Waals surface area contributed by atoms with Crippen LogP contribution < -0.4 is 4.90 Å². The van der Waals surface area contributed by atoms with E-state index in [2.05, 4.69) is 38.2 Å². The molecule has 0 aliphatic carbocycles. The summed E-state index contributed by atoms with van der Waals surface area (Å²) in [6.45, 7) is 3.85. The van der Waals surface area contributed by atoms with Gasteiger partial charge >= 0.3 is 0 Å². The summed E-state index contributed by atoms with van der Waals surface area (Å²) >= 11 is 0. The van der Waals surface area contributed by atoms with Crippen molar-refractivity contribution in [2.45, 2.75) is 19.9 Å². The van der Waals surface area contributed by atoms with Crippen LogP contribution in [0.25, 0.3) is 5.65 Å². The molecule has 4 heterocycles. The Balaban J connectivity index is 1.75. The fourth-order valence-corrected chi connectivity index (χ4v) is 2.71. The van der Waals surface area contributed by atoms with E-state index >= 15 is 0 Å². The molecule has 0 atom stereocenters. The zero-order valence-corrected chi connectivity index (χ0v) is 11.2. The van der Waals surface area contributed by atoms with Crippen LogP contribution in [0, 0.1) is 6.92 Å². The number of fused-ring (bicyclic) bond motifs is 2. The SMILES string of the molecule is Cc1cc2nncn2nc1N1CCc2ncccc2C1. The summed E-state index contributed by atoms with van der Waals surface area (Å²) in [7, 11) is 0. The van der Waals surface area contributed by atoms with E-state index in [0.29, 0.717) is 0 Å². The van der Waals surface area contributed by atoms with Crippen molar-refractivity contribution in [3.63, 3.8) is 0 Å². The Kier molecular flexibility index (Phi) is 2.42. The number of hydrogen-bond acceptors (Lipinski definition) is 5. The fraction of sp³-hybridized carbons (Fsp3) is 0.286. The highest BCUT2D eigenvalue weighted by atomic mass is 15.4. The Labute approximate surface area is 116 Å². The summed E-state index contributed by atoms with van der Waals surface area (Å²) in [4.78, 5) is 6.73. The van der Waals surface area contributed by atoms with Gasteiger partial charge in [-0.05, 0) is 30.2 Å². The van der Waals surface area contributed by atoms with Gasteiger partial charge in [0, 0.05) is 31.4 Å². The lowest BCUT2D eigenvalue weighted by Crippen LogP contribution is -2.32. The molecule has 20 heavy (non-hydrogen) atoms. The summed E-state index contributed by atoms with van der Waals surface area (Å²) in [5.74, 6) is 0.992. The van der Waals surface area contributed by atoms with Crippen LogP contribution in [-0.2, 0) is 13.0 Å². The zero-order chi connectivity index (χ0) is 13.5. The van der Waals surface area contributed by atoms with Gasteiger partial charge in [0.15, 0.2) is 11.5 Å². The topological polar surface area (TPSA) is 59.2 Å². The van der Waals surface area contributed by atoms with Gasteiger partial charge in [-0.3, -0.25) is 4.98 Å². The van der Waals surface area contributed by atoms with Crippen molar-refractivity contribution in [3.05, 3.63) is 47.5 Å². The minimum Gasteiger partial charge on any atom is -0.350 e. The number of rotatable bonds is 1. The summed E-state index contributed by atoms with van der Waals surface area (Å²) in [6, 6.07) is 6.15. The molecule has 0 fully saturated rings. The molecule has 1 aliphatic rings. The Morgan fingerprint density at radius 3 is 3.20 bits per heavy atom. The predicted octanol–water partition coefficient (Wildman–Crippen LogP) is 1.39. The Bertz CT molecular complexity index is 778. The molecule has 0 spiro atoms. The van der Waals surface area contributed by atoms with Crippen LogP contribution >= 0.6 is 0 Å². The first-order chi connectivity index (χ1) is 9.81. The molecule has 4 rings (SSSR count). The van der Waals surface area contributed by atoms with Gasteiger partial charge in [0.25, 0.3) is 0 Å². The largest absolute Gasteiger partial charge is 0.350 e. The molecule has 100 valence electrons. The number of aromatic nitrogens is 5. The quantitative estimate of drug-likeness (QED) is 0.666. The summed E-state index contributed by atoms with van der Waals surface area (Å²) < 4.78 is 1.72. The van der Waals surface area contributed by atoms with Gasteiger partial charge in [0.05, 0.1) is 0 Å². The van der Waals surface area contributed by atoms with Crippen molar-refractivity contribution >= 4 is 11.5 Å². The molecule has 0 aromatic carbocycles. The standard InChI is InChI=1S/C14H14N6/c1-10-7-13-17-16-9-20(13)18-14(10)19-6-4-12-11(8-19)3-2-5-15-12/h2-3,5,7,9H,4,6,8H2,1H3. The third-order valence-electron chi connectivity index (χ3n) is 3.72. The van der Waals surface area contributed by atoms with Crippen molar-refractivity contribution in [2.75, 3.05) is 11.4 Å². The number of anilines is 1. The van der Waals surface area contributed by atoms with E-state index in [9.17, 15) is 0 Å². The van der Waals surface area contributed by atoms with Crippen LogP contribution in [-0.4, -0.2) is 31.3 Å². The molecule has 0 saturated heterocycles. The van der Waals surface area contributed by atoms with Gasteiger partial charge in [-0.25, -0.2) is 0 Å². The van der Waals surface area contributed by atoms with Crippen LogP contribution in [0.5, 0.6) is 0 Å². The second kappa shape index (κ2) is 4.26. The van der Waals surface area contributed by atoms with E-state index < -0.39 is 0 Å². The maximum atomic E-state index is 4.63. The molecule has 0 saturated carbocycles. The zero-order valence-electron chi connectivity index (χ0n) is 11.2. The highest BCUT2D eigenvalue weighted by molar-refractivity contribution is 5.53. The van der Waals surface area contributed by atoms with Crippen molar-refractivity contribution < 1.29 is 0 Å². The number of nitrogens with zero attached hydrogens (tertiary/aromatic N) is 6. The highest BCUT2D eigenvalue weighted by Gasteiger charge is 2.20. The average Bonchev–Trinajstić information content (AvgIpc) is 2.93. The maximum absolute atomic E-state index is 4.63. The van der Waals surface area contributed by atoms with Crippen molar-refractivity contribution in [1.82, 2.24) is 24.8 Å². The lowest BCUT2D eigenvalue weighted by Gasteiger charge is -2.29. The van der Waals surface area contributed by atoms with Gasteiger partial charge in [-0.2, -0.15) is 4.52 Å². The van der Waals surface area contributed by atoms with Crippen LogP contribution in [0.3, 0.4) is 0 Å². The molecule has 6 heteroatoms. The molecule has 3 aromatic heterocycles. The molecule has 3 aromatic rings. The molecule has 1 aliphatic heterocycles.